The Balaban J connectivity index is 2.31. The summed E-state index contributed by atoms with van der Waals surface area (Å²) in [5.41, 5.74) is 5.05. The Morgan fingerprint density at radius 1 is 1.67 bits per heavy atom. The molecule has 0 radical (unpaired) electrons. The fourth-order valence-corrected chi connectivity index (χ4v) is 0.965. The number of carbonyl (C=O) groups is 1. The largest absolute Gasteiger partial charge is 0.381 e. The van der Waals surface area contributed by atoms with Gasteiger partial charge in [0.15, 0.2) is 0 Å². The lowest BCUT2D eigenvalue weighted by molar-refractivity contribution is -0.125. The first kappa shape index (κ1) is 6.55. The summed E-state index contributed by atoms with van der Waals surface area (Å²) >= 11 is 0. The van der Waals surface area contributed by atoms with E-state index in [2.05, 4.69) is 0 Å². The van der Waals surface area contributed by atoms with Crippen molar-refractivity contribution in [3.63, 3.8) is 0 Å². The van der Waals surface area contributed by atoms with Crippen LogP contribution in [0, 0.1) is 5.92 Å². The van der Waals surface area contributed by atoms with Gasteiger partial charge in [-0.05, 0) is 12.8 Å². The molecule has 1 saturated heterocycles. The first-order valence-corrected chi connectivity index (χ1v) is 3.18. The summed E-state index contributed by atoms with van der Waals surface area (Å²) in [4.78, 5) is 10.5. The topological polar surface area (TPSA) is 52.3 Å². The van der Waals surface area contributed by atoms with Crippen molar-refractivity contribution in [2.75, 3.05) is 13.2 Å². The predicted molar refractivity (Wildman–Crippen MR) is 32.7 cm³/mol. The van der Waals surface area contributed by atoms with Gasteiger partial charge in [-0.15, -0.1) is 0 Å². The molecule has 1 heterocycles. The maximum Gasteiger partial charge on any atom is 0.222 e. The third kappa shape index (κ3) is 1.68. The average molecular weight is 129 g/mol. The molecule has 0 spiro atoms. The highest BCUT2D eigenvalue weighted by molar-refractivity contribution is 5.76. The van der Waals surface area contributed by atoms with Gasteiger partial charge in [0, 0.05) is 6.61 Å². The van der Waals surface area contributed by atoms with Crippen LogP contribution in [0.2, 0.25) is 0 Å². The van der Waals surface area contributed by atoms with Crippen molar-refractivity contribution in [1.29, 1.82) is 0 Å². The molecule has 0 saturated carbocycles. The van der Waals surface area contributed by atoms with Crippen molar-refractivity contribution in [2.45, 2.75) is 12.8 Å². The second-order valence-electron chi connectivity index (χ2n) is 2.32. The summed E-state index contributed by atoms with van der Waals surface area (Å²) < 4.78 is 5.04. The maximum absolute atomic E-state index is 10.5. The highest BCUT2D eigenvalue weighted by Crippen LogP contribution is 2.11. The average Bonchev–Trinajstić information content (AvgIpc) is 1.90. The van der Waals surface area contributed by atoms with Crippen LogP contribution in [-0.4, -0.2) is 19.1 Å². The molecule has 1 amide bonds. The number of carbonyl (C=O) groups excluding carboxylic acids is 1. The predicted octanol–water partition coefficient (Wildman–Crippen LogP) is -0.102. The minimum Gasteiger partial charge on any atom is -0.381 e. The highest BCUT2D eigenvalue weighted by Gasteiger charge is 2.18. The fourth-order valence-electron chi connectivity index (χ4n) is 0.965. The number of ether oxygens (including phenoxy) is 1. The van der Waals surface area contributed by atoms with Crippen molar-refractivity contribution in [3.8, 4) is 0 Å². The lowest BCUT2D eigenvalue weighted by Crippen LogP contribution is -2.30. The SMILES string of the molecule is NC(=O)C1CCCOC1. The smallest absolute Gasteiger partial charge is 0.222 e. The van der Waals surface area contributed by atoms with Gasteiger partial charge in [0.25, 0.3) is 0 Å². The zero-order valence-corrected chi connectivity index (χ0v) is 5.30. The summed E-state index contributed by atoms with van der Waals surface area (Å²) in [7, 11) is 0. The molecule has 0 aliphatic carbocycles. The molecule has 3 heteroatoms. The molecule has 1 fully saturated rings. The Morgan fingerprint density at radius 3 is 2.78 bits per heavy atom. The zero-order valence-electron chi connectivity index (χ0n) is 5.30. The Bertz CT molecular complexity index is 108. The molecule has 9 heavy (non-hydrogen) atoms. The third-order valence-electron chi connectivity index (χ3n) is 1.56. The van der Waals surface area contributed by atoms with E-state index in [9.17, 15) is 4.79 Å². The van der Waals surface area contributed by atoms with Gasteiger partial charge < -0.3 is 10.5 Å². The first-order chi connectivity index (χ1) is 4.30. The number of amides is 1. The summed E-state index contributed by atoms with van der Waals surface area (Å²) in [5, 5.41) is 0. The van der Waals surface area contributed by atoms with E-state index in [1.807, 2.05) is 0 Å². The van der Waals surface area contributed by atoms with Gasteiger partial charge in [0.05, 0.1) is 12.5 Å². The standard InChI is InChI=1S/C6H11NO2/c7-6(8)5-2-1-3-9-4-5/h5H,1-4H2,(H2,7,8). The van der Waals surface area contributed by atoms with Crippen LogP contribution in [0.25, 0.3) is 0 Å². The van der Waals surface area contributed by atoms with Crippen LogP contribution in [0.4, 0.5) is 0 Å². The van der Waals surface area contributed by atoms with Crippen molar-refractivity contribution in [2.24, 2.45) is 11.7 Å². The molecular weight excluding hydrogens is 118 g/mol. The summed E-state index contributed by atoms with van der Waals surface area (Å²) in [6.07, 6.45) is 1.86. The highest BCUT2D eigenvalue weighted by atomic mass is 16.5. The molecule has 52 valence electrons. The monoisotopic (exact) mass is 129 g/mol. The molecule has 1 aliphatic heterocycles. The second-order valence-corrected chi connectivity index (χ2v) is 2.32. The molecule has 1 rings (SSSR count). The van der Waals surface area contributed by atoms with E-state index in [0.29, 0.717) is 6.61 Å². The molecule has 0 aromatic heterocycles. The molecule has 1 aliphatic rings. The normalized spacial score (nSPS) is 27.8. The number of hydrogen-bond donors (Lipinski definition) is 1. The second kappa shape index (κ2) is 2.82. The number of nitrogens with two attached hydrogens (primary N) is 1. The Hall–Kier alpha value is -0.570. The Kier molecular flexibility index (Phi) is 2.05. The van der Waals surface area contributed by atoms with E-state index < -0.39 is 0 Å². The first-order valence-electron chi connectivity index (χ1n) is 3.18. The van der Waals surface area contributed by atoms with Gasteiger partial charge in [-0.1, -0.05) is 0 Å². The van der Waals surface area contributed by atoms with Crippen LogP contribution >= 0.6 is 0 Å². The number of primary amides is 1. The van der Waals surface area contributed by atoms with Crippen molar-refractivity contribution in [1.82, 2.24) is 0 Å². The molecule has 1 unspecified atom stereocenters. The van der Waals surface area contributed by atoms with E-state index in [-0.39, 0.29) is 11.8 Å². The van der Waals surface area contributed by atoms with Crippen LogP contribution in [0.1, 0.15) is 12.8 Å². The molecule has 3 nitrogen and oxygen atoms in total. The maximum atomic E-state index is 10.5. The Labute approximate surface area is 54.2 Å². The number of hydrogen-bond acceptors (Lipinski definition) is 2. The van der Waals surface area contributed by atoms with E-state index >= 15 is 0 Å². The summed E-state index contributed by atoms with van der Waals surface area (Å²) in [6, 6.07) is 0. The van der Waals surface area contributed by atoms with Crippen molar-refractivity contribution < 1.29 is 9.53 Å². The minimum absolute atomic E-state index is 0.0289. The van der Waals surface area contributed by atoms with E-state index in [0.717, 1.165) is 19.4 Å². The molecule has 0 bridgehead atoms. The van der Waals surface area contributed by atoms with Gasteiger partial charge in [0.1, 0.15) is 0 Å². The van der Waals surface area contributed by atoms with Crippen molar-refractivity contribution in [3.05, 3.63) is 0 Å². The molecule has 1 atom stereocenters. The zero-order chi connectivity index (χ0) is 6.69. The van der Waals surface area contributed by atoms with Crippen LogP contribution in [0.5, 0.6) is 0 Å². The van der Waals surface area contributed by atoms with Gasteiger partial charge in [-0.25, -0.2) is 0 Å². The summed E-state index contributed by atoms with van der Waals surface area (Å²) in [6.45, 7) is 1.30. The van der Waals surface area contributed by atoms with Crippen LogP contribution in [0.3, 0.4) is 0 Å². The molecular formula is C6H11NO2. The van der Waals surface area contributed by atoms with Crippen molar-refractivity contribution >= 4 is 5.91 Å². The lowest BCUT2D eigenvalue weighted by atomic mass is 10.0. The van der Waals surface area contributed by atoms with E-state index in [1.165, 1.54) is 0 Å². The Morgan fingerprint density at radius 2 is 2.44 bits per heavy atom. The van der Waals surface area contributed by atoms with Gasteiger partial charge in [0.2, 0.25) is 5.91 Å². The third-order valence-corrected chi connectivity index (χ3v) is 1.56. The molecule has 0 aromatic carbocycles. The van der Waals surface area contributed by atoms with Crippen LogP contribution in [-0.2, 0) is 9.53 Å². The molecule has 0 aromatic rings. The van der Waals surface area contributed by atoms with Crippen LogP contribution in [0.15, 0.2) is 0 Å². The summed E-state index contributed by atoms with van der Waals surface area (Å²) in [5.74, 6) is -0.256. The van der Waals surface area contributed by atoms with E-state index in [1.54, 1.807) is 0 Å². The fraction of sp³-hybridized carbons (Fsp3) is 0.833. The van der Waals surface area contributed by atoms with Gasteiger partial charge in [-0.3, -0.25) is 4.79 Å². The molecule has 2 N–H and O–H groups in total. The van der Waals surface area contributed by atoms with Gasteiger partial charge >= 0.3 is 0 Å². The number of rotatable bonds is 1. The minimum atomic E-state index is -0.227. The quantitative estimate of drug-likeness (QED) is 0.537. The van der Waals surface area contributed by atoms with E-state index in [4.69, 9.17) is 10.5 Å². The van der Waals surface area contributed by atoms with Crippen LogP contribution < -0.4 is 5.73 Å². The lowest BCUT2D eigenvalue weighted by Gasteiger charge is -2.18. The van der Waals surface area contributed by atoms with Gasteiger partial charge in [-0.2, -0.15) is 0 Å².